The first-order chi connectivity index (χ1) is 15.2. The molecule has 3 aliphatic rings. The minimum atomic E-state index is -4.37. The number of rotatable bonds is 5. The summed E-state index contributed by atoms with van der Waals surface area (Å²) in [5, 5.41) is 4.40. The van der Waals surface area contributed by atoms with E-state index in [1.54, 1.807) is 0 Å². The van der Waals surface area contributed by atoms with E-state index < -0.39 is 21.6 Å². The Kier molecular flexibility index (Phi) is 7.49. The second-order valence-electron chi connectivity index (χ2n) is 9.42. The van der Waals surface area contributed by atoms with E-state index in [0.717, 1.165) is 49.8 Å². The molecule has 1 saturated carbocycles. The molecule has 3 fully saturated rings. The van der Waals surface area contributed by atoms with Gasteiger partial charge in [-0.25, -0.2) is 13.7 Å². The SMILES string of the molecule is O=S(=O)(CC1CC(c2ccc(C(F)(F)F)cc2)CN(C2COCC[N]2)C1)C1CCCCC1. The molecule has 0 bridgehead atoms. The summed E-state index contributed by atoms with van der Waals surface area (Å²) in [6.07, 6.45) is 0.677. The zero-order valence-corrected chi connectivity index (χ0v) is 19.1. The molecular weight excluding hydrogens is 441 g/mol. The number of benzene rings is 1. The van der Waals surface area contributed by atoms with Crippen molar-refractivity contribution in [2.45, 2.75) is 62.0 Å². The van der Waals surface area contributed by atoms with Crippen LogP contribution in [-0.4, -0.2) is 63.3 Å². The maximum absolute atomic E-state index is 13.1. The monoisotopic (exact) mass is 473 g/mol. The molecule has 0 aromatic heterocycles. The summed E-state index contributed by atoms with van der Waals surface area (Å²) in [6, 6.07) is 5.32. The molecule has 1 aromatic rings. The number of ether oxygens (including phenoxy) is 1. The Hall–Kier alpha value is -1.16. The zero-order valence-electron chi connectivity index (χ0n) is 18.3. The summed E-state index contributed by atoms with van der Waals surface area (Å²) in [5.74, 6) is 0.0358. The summed E-state index contributed by atoms with van der Waals surface area (Å²) < 4.78 is 70.8. The van der Waals surface area contributed by atoms with Crippen molar-refractivity contribution in [3.63, 3.8) is 0 Å². The smallest absolute Gasteiger partial charge is 0.377 e. The Bertz CT molecular complexity index is 848. The number of halogens is 3. The third-order valence-corrected chi connectivity index (χ3v) is 9.49. The number of piperidine rings is 1. The van der Waals surface area contributed by atoms with E-state index in [0.29, 0.717) is 39.3 Å². The second-order valence-corrected chi connectivity index (χ2v) is 11.7. The fraction of sp³-hybridized carbons (Fsp3) is 0.739. The highest BCUT2D eigenvalue weighted by Crippen LogP contribution is 2.36. The first-order valence-corrected chi connectivity index (χ1v) is 13.3. The second kappa shape index (κ2) is 9.99. The highest BCUT2D eigenvalue weighted by molar-refractivity contribution is 7.92. The Morgan fingerprint density at radius 3 is 2.41 bits per heavy atom. The van der Waals surface area contributed by atoms with Gasteiger partial charge in [-0.3, -0.25) is 4.90 Å². The largest absolute Gasteiger partial charge is 0.416 e. The number of likely N-dealkylation sites (tertiary alicyclic amines) is 1. The lowest BCUT2D eigenvalue weighted by Gasteiger charge is -2.43. The van der Waals surface area contributed by atoms with Crippen LogP contribution in [-0.2, 0) is 20.8 Å². The molecule has 0 spiro atoms. The van der Waals surface area contributed by atoms with E-state index in [2.05, 4.69) is 10.2 Å². The van der Waals surface area contributed by atoms with Crippen LogP contribution in [0.2, 0.25) is 0 Å². The predicted molar refractivity (Wildman–Crippen MR) is 116 cm³/mol. The van der Waals surface area contributed by atoms with Crippen molar-refractivity contribution in [3.05, 3.63) is 35.4 Å². The predicted octanol–water partition coefficient (Wildman–Crippen LogP) is 3.82. The molecule has 1 radical (unpaired) electrons. The molecule has 0 amide bonds. The summed E-state index contributed by atoms with van der Waals surface area (Å²) in [4.78, 5) is 2.17. The summed E-state index contributed by atoms with van der Waals surface area (Å²) >= 11 is 0. The van der Waals surface area contributed by atoms with Crippen LogP contribution in [0.4, 0.5) is 13.2 Å². The highest BCUT2D eigenvalue weighted by atomic mass is 32.2. The van der Waals surface area contributed by atoms with Gasteiger partial charge in [-0.05, 0) is 48.8 Å². The molecule has 4 rings (SSSR count). The molecule has 5 nitrogen and oxygen atoms in total. The van der Waals surface area contributed by atoms with Gasteiger partial charge in [0.25, 0.3) is 0 Å². The van der Waals surface area contributed by atoms with Crippen LogP contribution in [0.25, 0.3) is 0 Å². The van der Waals surface area contributed by atoms with Gasteiger partial charge in [0.2, 0.25) is 0 Å². The quantitative estimate of drug-likeness (QED) is 0.652. The van der Waals surface area contributed by atoms with E-state index in [1.807, 2.05) is 0 Å². The molecule has 2 saturated heterocycles. The topological polar surface area (TPSA) is 60.7 Å². The molecule has 1 aromatic carbocycles. The number of morpholine rings is 1. The van der Waals surface area contributed by atoms with Crippen molar-refractivity contribution in [1.82, 2.24) is 10.2 Å². The van der Waals surface area contributed by atoms with Crippen molar-refractivity contribution in [1.29, 1.82) is 0 Å². The molecule has 179 valence electrons. The minimum absolute atomic E-state index is 0.0327. The summed E-state index contributed by atoms with van der Waals surface area (Å²) in [5.41, 5.74) is 0.153. The average molecular weight is 474 g/mol. The van der Waals surface area contributed by atoms with Crippen molar-refractivity contribution < 1.29 is 26.3 Å². The lowest BCUT2D eigenvalue weighted by Crippen LogP contribution is -2.54. The molecule has 0 N–H and O–H groups in total. The van der Waals surface area contributed by atoms with E-state index in [4.69, 9.17) is 4.74 Å². The molecule has 9 heteroatoms. The summed E-state index contributed by atoms with van der Waals surface area (Å²) in [6.45, 7) is 2.94. The van der Waals surface area contributed by atoms with Gasteiger partial charge in [-0.15, -0.1) is 0 Å². The van der Waals surface area contributed by atoms with Crippen LogP contribution in [0.3, 0.4) is 0 Å². The van der Waals surface area contributed by atoms with Gasteiger partial charge >= 0.3 is 6.18 Å². The fourth-order valence-electron chi connectivity index (χ4n) is 5.41. The fourth-order valence-corrected chi connectivity index (χ4v) is 7.63. The highest BCUT2D eigenvalue weighted by Gasteiger charge is 2.38. The Labute approximate surface area is 188 Å². The molecule has 3 unspecified atom stereocenters. The third kappa shape index (κ3) is 5.85. The van der Waals surface area contributed by atoms with Gasteiger partial charge in [0, 0.05) is 19.6 Å². The Morgan fingerprint density at radius 1 is 1.06 bits per heavy atom. The van der Waals surface area contributed by atoms with Gasteiger partial charge < -0.3 is 4.74 Å². The van der Waals surface area contributed by atoms with E-state index in [1.165, 1.54) is 12.1 Å². The third-order valence-electron chi connectivity index (χ3n) is 7.07. The molecule has 32 heavy (non-hydrogen) atoms. The first kappa shape index (κ1) is 24.0. The van der Waals surface area contributed by atoms with Crippen molar-refractivity contribution >= 4 is 9.84 Å². The van der Waals surface area contributed by atoms with Crippen molar-refractivity contribution in [2.75, 3.05) is 38.6 Å². The van der Waals surface area contributed by atoms with Crippen molar-refractivity contribution in [2.24, 2.45) is 5.92 Å². The van der Waals surface area contributed by atoms with Gasteiger partial charge in [-0.1, -0.05) is 31.4 Å². The van der Waals surface area contributed by atoms with Crippen molar-refractivity contribution in [3.8, 4) is 0 Å². The lowest BCUT2D eigenvalue weighted by atomic mass is 9.84. The number of sulfone groups is 1. The van der Waals surface area contributed by atoms with E-state index in [9.17, 15) is 21.6 Å². The molecule has 2 heterocycles. The molecular formula is C23H32F3N2O3S. The normalized spacial score (nSPS) is 29.2. The van der Waals surface area contributed by atoms with Crippen LogP contribution in [0.1, 0.15) is 55.6 Å². The van der Waals surface area contributed by atoms with Crippen LogP contribution < -0.4 is 5.32 Å². The number of alkyl halides is 3. The minimum Gasteiger partial charge on any atom is -0.377 e. The first-order valence-electron chi connectivity index (χ1n) is 11.6. The lowest BCUT2D eigenvalue weighted by molar-refractivity contribution is -0.137. The van der Waals surface area contributed by atoms with Crippen LogP contribution in [0, 0.1) is 5.92 Å². The number of hydrogen-bond donors (Lipinski definition) is 0. The summed E-state index contributed by atoms with van der Waals surface area (Å²) in [7, 11) is -3.21. The standard InChI is InChI=1S/C23H32F3N2O3S/c24-23(25,26)20-8-6-18(7-9-20)19-12-17(13-28(14-19)22-15-31-11-10-27-22)16-32(29,30)21-4-2-1-3-5-21/h6-9,17,19,21-22H,1-5,10-16H2. The number of hydrogen-bond acceptors (Lipinski definition) is 4. The van der Waals surface area contributed by atoms with Crippen LogP contribution in [0.5, 0.6) is 0 Å². The molecule has 3 atom stereocenters. The van der Waals surface area contributed by atoms with Gasteiger partial charge in [0.05, 0.1) is 35.9 Å². The van der Waals surface area contributed by atoms with E-state index >= 15 is 0 Å². The number of nitrogens with zero attached hydrogens (tertiary/aromatic N) is 2. The maximum Gasteiger partial charge on any atom is 0.416 e. The van der Waals surface area contributed by atoms with E-state index in [-0.39, 0.29) is 29.0 Å². The zero-order chi connectivity index (χ0) is 22.8. The van der Waals surface area contributed by atoms with Gasteiger partial charge in [0.1, 0.15) is 0 Å². The average Bonchev–Trinajstić information content (AvgIpc) is 2.79. The Morgan fingerprint density at radius 2 is 1.78 bits per heavy atom. The molecule has 1 aliphatic carbocycles. The maximum atomic E-state index is 13.1. The van der Waals surface area contributed by atoms with Crippen LogP contribution in [0.15, 0.2) is 24.3 Å². The Balaban J connectivity index is 1.52. The van der Waals surface area contributed by atoms with Gasteiger partial charge in [-0.2, -0.15) is 13.2 Å². The van der Waals surface area contributed by atoms with Gasteiger partial charge in [0.15, 0.2) is 9.84 Å². The van der Waals surface area contributed by atoms with Crippen LogP contribution >= 0.6 is 0 Å². The molecule has 2 aliphatic heterocycles.